The molecule has 1 heterocycles. The van der Waals surface area contributed by atoms with Crippen molar-refractivity contribution in [3.63, 3.8) is 0 Å². The molecule has 3 rings (SSSR count). The molecule has 1 N–H and O–H groups in total. The van der Waals surface area contributed by atoms with Crippen molar-refractivity contribution in [3.05, 3.63) is 40.0 Å². The van der Waals surface area contributed by atoms with Gasteiger partial charge in [-0.3, -0.25) is 0 Å². The van der Waals surface area contributed by atoms with Gasteiger partial charge in [-0.25, -0.2) is 9.97 Å². The zero-order valence-corrected chi connectivity index (χ0v) is 14.2. The summed E-state index contributed by atoms with van der Waals surface area (Å²) in [5.74, 6) is 2.74. The van der Waals surface area contributed by atoms with Crippen molar-refractivity contribution < 1.29 is 0 Å². The predicted molar refractivity (Wildman–Crippen MR) is 90.8 cm³/mol. The Morgan fingerprint density at radius 2 is 2.00 bits per heavy atom. The van der Waals surface area contributed by atoms with Gasteiger partial charge in [0.2, 0.25) is 0 Å². The van der Waals surface area contributed by atoms with Crippen LogP contribution in [0.5, 0.6) is 0 Å². The molecule has 0 spiro atoms. The van der Waals surface area contributed by atoms with Crippen molar-refractivity contribution in [2.75, 3.05) is 12.4 Å². The molecule has 0 saturated heterocycles. The fraction of sp³-hybridized carbons (Fsp3) is 0.412. The molecule has 110 valence electrons. The van der Waals surface area contributed by atoms with Crippen molar-refractivity contribution >= 4 is 21.7 Å². The summed E-state index contributed by atoms with van der Waals surface area (Å²) in [4.78, 5) is 9.43. The lowest BCUT2D eigenvalue weighted by Crippen LogP contribution is -2.04. The van der Waals surface area contributed by atoms with Gasteiger partial charge < -0.3 is 5.32 Å². The lowest BCUT2D eigenvalue weighted by Gasteiger charge is -2.14. The number of nitrogens with zero attached hydrogens (tertiary/aromatic N) is 2. The van der Waals surface area contributed by atoms with E-state index in [0.717, 1.165) is 33.3 Å². The molecule has 1 aromatic carbocycles. The number of nitrogens with one attached hydrogen (secondary N) is 1. The second-order valence-corrected chi connectivity index (χ2v) is 6.69. The normalized spacial score (nSPS) is 14.5. The monoisotopic (exact) mass is 345 g/mol. The van der Waals surface area contributed by atoms with E-state index >= 15 is 0 Å². The van der Waals surface area contributed by atoms with Crippen LogP contribution in [0.15, 0.2) is 28.7 Å². The summed E-state index contributed by atoms with van der Waals surface area (Å²) in [6.07, 6.45) is 2.62. The first-order valence-electron chi connectivity index (χ1n) is 7.45. The molecule has 1 aliphatic carbocycles. The van der Waals surface area contributed by atoms with Crippen molar-refractivity contribution in [1.82, 2.24) is 9.97 Å². The van der Waals surface area contributed by atoms with Gasteiger partial charge in [-0.2, -0.15) is 0 Å². The molecule has 0 atom stereocenters. The minimum Gasteiger partial charge on any atom is -0.372 e. The van der Waals surface area contributed by atoms with Crippen molar-refractivity contribution in [2.45, 2.75) is 38.5 Å². The maximum atomic E-state index is 4.77. The molecular formula is C17H20BrN3. The molecular weight excluding hydrogens is 326 g/mol. The summed E-state index contributed by atoms with van der Waals surface area (Å²) in [7, 11) is 1.89. The predicted octanol–water partition coefficient (Wildman–Crippen LogP) is 4.95. The quantitative estimate of drug-likeness (QED) is 0.851. The van der Waals surface area contributed by atoms with E-state index < -0.39 is 0 Å². The molecule has 1 aromatic heterocycles. The Morgan fingerprint density at radius 3 is 2.62 bits per heavy atom. The van der Waals surface area contributed by atoms with Crippen LogP contribution in [-0.4, -0.2) is 17.0 Å². The van der Waals surface area contributed by atoms with Gasteiger partial charge in [0.15, 0.2) is 5.82 Å². The summed E-state index contributed by atoms with van der Waals surface area (Å²) < 4.78 is 0.960. The van der Waals surface area contributed by atoms with Gasteiger partial charge in [-0.15, -0.1) is 0 Å². The molecule has 0 bridgehead atoms. The molecule has 3 nitrogen and oxygen atoms in total. The molecule has 1 aliphatic rings. The Hall–Kier alpha value is -1.42. The summed E-state index contributed by atoms with van der Waals surface area (Å²) in [5.41, 5.74) is 3.56. The second kappa shape index (κ2) is 5.76. The number of benzene rings is 1. The van der Waals surface area contributed by atoms with Crippen molar-refractivity contribution in [2.24, 2.45) is 0 Å². The first-order chi connectivity index (χ1) is 10.1. The maximum Gasteiger partial charge on any atom is 0.161 e. The van der Waals surface area contributed by atoms with Crippen LogP contribution >= 0.6 is 15.9 Å². The zero-order valence-electron chi connectivity index (χ0n) is 12.7. The highest BCUT2D eigenvalue weighted by Gasteiger charge is 2.24. The lowest BCUT2D eigenvalue weighted by atomic mass is 10.1. The van der Waals surface area contributed by atoms with E-state index in [9.17, 15) is 0 Å². The number of hydrogen-bond donors (Lipinski definition) is 1. The average molecular weight is 346 g/mol. The van der Waals surface area contributed by atoms with Crippen LogP contribution < -0.4 is 5.32 Å². The van der Waals surface area contributed by atoms with Crippen molar-refractivity contribution in [3.8, 4) is 11.4 Å². The number of rotatable bonds is 4. The van der Waals surface area contributed by atoms with Crippen LogP contribution in [0.4, 0.5) is 5.82 Å². The third-order valence-electron chi connectivity index (χ3n) is 3.85. The Balaban J connectivity index is 2.08. The van der Waals surface area contributed by atoms with Gasteiger partial charge in [0.1, 0.15) is 5.82 Å². The van der Waals surface area contributed by atoms with Gasteiger partial charge >= 0.3 is 0 Å². The Kier molecular flexibility index (Phi) is 3.98. The molecule has 1 saturated carbocycles. The van der Waals surface area contributed by atoms with Crippen LogP contribution in [0.3, 0.4) is 0 Å². The molecule has 0 amide bonds. The van der Waals surface area contributed by atoms with Crippen molar-refractivity contribution in [1.29, 1.82) is 0 Å². The SMILES string of the molecule is CNc1nc(-c2cccc(C3CC3)c2)nc(C(C)C)c1Br. The number of aromatic nitrogens is 2. The Labute approximate surface area is 134 Å². The minimum atomic E-state index is 0.347. The summed E-state index contributed by atoms with van der Waals surface area (Å²) in [5, 5.41) is 3.15. The van der Waals surface area contributed by atoms with Crippen LogP contribution in [0.1, 0.15) is 49.8 Å². The average Bonchev–Trinajstić information content (AvgIpc) is 3.32. The topological polar surface area (TPSA) is 37.8 Å². The number of halogens is 1. The molecule has 4 heteroatoms. The molecule has 0 unspecified atom stereocenters. The summed E-state index contributed by atoms with van der Waals surface area (Å²) in [6.45, 7) is 4.30. The standard InChI is InChI=1S/C17H20BrN3/c1-10(2)15-14(18)17(19-3)21-16(20-15)13-6-4-5-12(9-13)11-7-8-11/h4-6,9-11H,7-8H2,1-3H3,(H,19,20,21). The fourth-order valence-corrected chi connectivity index (χ4v) is 3.32. The first-order valence-corrected chi connectivity index (χ1v) is 8.25. The van der Waals surface area contributed by atoms with Gasteiger partial charge in [-0.1, -0.05) is 32.0 Å². The van der Waals surface area contributed by atoms with Crippen LogP contribution in [0.25, 0.3) is 11.4 Å². The minimum absolute atomic E-state index is 0.347. The van der Waals surface area contributed by atoms with E-state index in [2.05, 4.69) is 64.3 Å². The number of hydrogen-bond acceptors (Lipinski definition) is 3. The van der Waals surface area contributed by atoms with E-state index in [-0.39, 0.29) is 0 Å². The molecule has 1 fully saturated rings. The maximum absolute atomic E-state index is 4.77. The Bertz CT molecular complexity index is 663. The summed E-state index contributed by atoms with van der Waals surface area (Å²) >= 11 is 3.61. The second-order valence-electron chi connectivity index (χ2n) is 5.90. The third-order valence-corrected chi connectivity index (χ3v) is 4.64. The van der Waals surface area contributed by atoms with E-state index in [1.807, 2.05) is 7.05 Å². The highest BCUT2D eigenvalue weighted by atomic mass is 79.9. The lowest BCUT2D eigenvalue weighted by molar-refractivity contribution is 0.810. The molecule has 0 radical (unpaired) electrons. The van der Waals surface area contributed by atoms with Crippen LogP contribution in [0.2, 0.25) is 0 Å². The molecule has 21 heavy (non-hydrogen) atoms. The van der Waals surface area contributed by atoms with Gasteiger partial charge in [0.25, 0.3) is 0 Å². The van der Waals surface area contributed by atoms with Crippen LogP contribution in [-0.2, 0) is 0 Å². The zero-order chi connectivity index (χ0) is 15.0. The Morgan fingerprint density at radius 1 is 1.24 bits per heavy atom. The summed E-state index contributed by atoms with van der Waals surface area (Å²) in [6, 6.07) is 8.66. The fourth-order valence-electron chi connectivity index (χ4n) is 2.49. The van der Waals surface area contributed by atoms with Gasteiger partial charge in [0, 0.05) is 12.6 Å². The molecule has 0 aliphatic heterocycles. The highest BCUT2D eigenvalue weighted by Crippen LogP contribution is 2.41. The van der Waals surface area contributed by atoms with E-state index in [4.69, 9.17) is 4.98 Å². The number of anilines is 1. The third kappa shape index (κ3) is 2.95. The van der Waals surface area contributed by atoms with Gasteiger partial charge in [-0.05, 0) is 52.2 Å². The van der Waals surface area contributed by atoms with Gasteiger partial charge in [0.05, 0.1) is 10.2 Å². The van der Waals surface area contributed by atoms with E-state index in [1.54, 1.807) is 0 Å². The smallest absolute Gasteiger partial charge is 0.161 e. The highest BCUT2D eigenvalue weighted by molar-refractivity contribution is 9.10. The largest absolute Gasteiger partial charge is 0.372 e. The van der Waals surface area contributed by atoms with E-state index in [0.29, 0.717) is 5.92 Å². The van der Waals surface area contributed by atoms with E-state index in [1.165, 1.54) is 18.4 Å². The first kappa shape index (κ1) is 14.5. The van der Waals surface area contributed by atoms with Crippen LogP contribution in [0, 0.1) is 0 Å². The molecule has 2 aromatic rings.